The quantitative estimate of drug-likeness (QED) is 0.836. The molecule has 0 bridgehead atoms. The molecule has 1 atom stereocenters. The summed E-state index contributed by atoms with van der Waals surface area (Å²) in [5.74, 6) is 1.68. The lowest BCUT2D eigenvalue weighted by atomic mass is 10.1. The highest BCUT2D eigenvalue weighted by atomic mass is 16.5. The number of rotatable bonds is 7. The van der Waals surface area contributed by atoms with Gasteiger partial charge in [0.1, 0.15) is 0 Å². The highest BCUT2D eigenvalue weighted by molar-refractivity contribution is 5.76. The van der Waals surface area contributed by atoms with E-state index in [0.29, 0.717) is 24.9 Å². The van der Waals surface area contributed by atoms with Crippen LogP contribution in [-0.2, 0) is 24.2 Å². The number of carbonyl (C=O) groups is 1. The number of carbonyl (C=O) groups excluding carboxylic acids is 1. The van der Waals surface area contributed by atoms with E-state index in [9.17, 15) is 4.79 Å². The molecule has 3 rings (SSSR count). The number of hydrogen-bond acceptors (Lipinski definition) is 5. The smallest absolute Gasteiger partial charge is 0.227 e. The van der Waals surface area contributed by atoms with E-state index in [4.69, 9.17) is 4.52 Å². The lowest BCUT2D eigenvalue weighted by molar-refractivity contribution is -0.131. The minimum atomic E-state index is 0.248. The van der Waals surface area contributed by atoms with E-state index in [2.05, 4.69) is 27.6 Å². The number of aryl methyl sites for hydroxylation is 1. The Morgan fingerprint density at radius 1 is 1.28 bits per heavy atom. The van der Waals surface area contributed by atoms with Gasteiger partial charge in [0.15, 0.2) is 5.82 Å². The Kier molecular flexibility index (Phi) is 6.17. The highest BCUT2D eigenvalue weighted by Crippen LogP contribution is 2.15. The Balaban J connectivity index is 1.45. The summed E-state index contributed by atoms with van der Waals surface area (Å²) in [6, 6.07) is 10.5. The summed E-state index contributed by atoms with van der Waals surface area (Å²) in [4.78, 5) is 18.7. The van der Waals surface area contributed by atoms with Crippen LogP contribution in [0.3, 0.4) is 0 Å². The standard InChI is InChI=1S/C19H26N4O2/c1-2-17-21-18(25-22-17)10-12-20-16-8-9-19(24)23(13-11-16)14-15-6-4-3-5-7-15/h3-7,16,20H,2,8-14H2,1H3. The first-order valence-electron chi connectivity index (χ1n) is 9.11. The van der Waals surface area contributed by atoms with Gasteiger partial charge in [0.05, 0.1) is 0 Å². The van der Waals surface area contributed by atoms with E-state index < -0.39 is 0 Å². The second-order valence-corrected chi connectivity index (χ2v) is 6.49. The summed E-state index contributed by atoms with van der Waals surface area (Å²) in [7, 11) is 0. The van der Waals surface area contributed by atoms with E-state index in [0.717, 1.165) is 44.6 Å². The van der Waals surface area contributed by atoms with Crippen LogP contribution in [0.5, 0.6) is 0 Å². The first kappa shape index (κ1) is 17.6. The Morgan fingerprint density at radius 3 is 2.88 bits per heavy atom. The van der Waals surface area contributed by atoms with Gasteiger partial charge in [0, 0.05) is 44.9 Å². The zero-order valence-electron chi connectivity index (χ0n) is 14.8. The molecule has 25 heavy (non-hydrogen) atoms. The van der Waals surface area contributed by atoms with Gasteiger partial charge in [-0.3, -0.25) is 4.79 Å². The first-order chi connectivity index (χ1) is 12.2. The lowest BCUT2D eigenvalue weighted by Gasteiger charge is -2.21. The first-order valence-corrected chi connectivity index (χ1v) is 9.11. The molecule has 1 aromatic heterocycles. The maximum absolute atomic E-state index is 12.4. The van der Waals surface area contributed by atoms with E-state index in [1.807, 2.05) is 30.0 Å². The Morgan fingerprint density at radius 2 is 2.12 bits per heavy atom. The van der Waals surface area contributed by atoms with Gasteiger partial charge >= 0.3 is 0 Å². The summed E-state index contributed by atoms with van der Waals surface area (Å²) in [6.45, 7) is 4.31. The van der Waals surface area contributed by atoms with E-state index >= 15 is 0 Å². The van der Waals surface area contributed by atoms with Crippen LogP contribution in [0.1, 0.15) is 43.5 Å². The van der Waals surface area contributed by atoms with Gasteiger partial charge in [-0.15, -0.1) is 0 Å². The van der Waals surface area contributed by atoms with Gasteiger partial charge in [-0.2, -0.15) is 4.98 Å². The van der Waals surface area contributed by atoms with Gasteiger partial charge in [0.2, 0.25) is 11.8 Å². The number of nitrogens with one attached hydrogen (secondary N) is 1. The highest BCUT2D eigenvalue weighted by Gasteiger charge is 2.22. The van der Waals surface area contributed by atoms with Crippen LogP contribution in [0.15, 0.2) is 34.9 Å². The fraction of sp³-hybridized carbons (Fsp3) is 0.526. The fourth-order valence-corrected chi connectivity index (χ4v) is 3.13. The van der Waals surface area contributed by atoms with E-state index in [1.165, 1.54) is 5.56 Å². The molecule has 0 radical (unpaired) electrons. The van der Waals surface area contributed by atoms with E-state index in [1.54, 1.807) is 0 Å². The summed E-state index contributed by atoms with van der Waals surface area (Å²) in [5, 5.41) is 7.45. The molecule has 0 spiro atoms. The predicted molar refractivity (Wildman–Crippen MR) is 94.9 cm³/mol. The normalized spacial score (nSPS) is 18.4. The van der Waals surface area contributed by atoms with Crippen molar-refractivity contribution >= 4 is 5.91 Å². The average molecular weight is 342 g/mol. The fourth-order valence-electron chi connectivity index (χ4n) is 3.13. The SMILES string of the molecule is CCc1noc(CCNC2CCC(=O)N(Cc3ccccc3)CC2)n1. The molecule has 1 fully saturated rings. The minimum absolute atomic E-state index is 0.248. The number of hydrogen-bond donors (Lipinski definition) is 1. The molecule has 2 heterocycles. The van der Waals surface area contributed by atoms with Crippen LogP contribution in [0.4, 0.5) is 0 Å². The van der Waals surface area contributed by atoms with Crippen molar-refractivity contribution in [1.29, 1.82) is 0 Å². The van der Waals surface area contributed by atoms with Gasteiger partial charge in [0.25, 0.3) is 0 Å². The molecule has 1 saturated heterocycles. The number of nitrogens with zero attached hydrogens (tertiary/aromatic N) is 3. The molecule has 134 valence electrons. The second kappa shape index (κ2) is 8.76. The zero-order valence-corrected chi connectivity index (χ0v) is 14.8. The van der Waals surface area contributed by atoms with Crippen LogP contribution < -0.4 is 5.32 Å². The molecule has 0 aliphatic carbocycles. The van der Waals surface area contributed by atoms with Crippen LogP contribution in [0.2, 0.25) is 0 Å². The van der Waals surface area contributed by atoms with Crippen molar-refractivity contribution in [2.24, 2.45) is 0 Å². The molecular formula is C19H26N4O2. The van der Waals surface area contributed by atoms with Crippen molar-refractivity contribution in [3.8, 4) is 0 Å². The number of aromatic nitrogens is 2. The third-order valence-corrected chi connectivity index (χ3v) is 4.62. The molecular weight excluding hydrogens is 316 g/mol. The molecule has 0 saturated carbocycles. The summed E-state index contributed by atoms with van der Waals surface area (Å²) in [6.07, 6.45) is 3.98. The van der Waals surface area contributed by atoms with Crippen molar-refractivity contribution in [3.05, 3.63) is 47.6 Å². The number of benzene rings is 1. The van der Waals surface area contributed by atoms with Crippen molar-refractivity contribution in [2.75, 3.05) is 13.1 Å². The van der Waals surface area contributed by atoms with E-state index in [-0.39, 0.29) is 5.91 Å². The molecule has 1 aliphatic heterocycles. The largest absolute Gasteiger partial charge is 0.339 e. The molecule has 1 amide bonds. The topological polar surface area (TPSA) is 71.3 Å². The van der Waals surface area contributed by atoms with Crippen LogP contribution in [-0.4, -0.2) is 40.1 Å². The molecule has 1 aliphatic rings. The van der Waals surface area contributed by atoms with Gasteiger partial charge < -0.3 is 14.7 Å². The summed E-state index contributed by atoms with van der Waals surface area (Å²) in [5.41, 5.74) is 1.19. The second-order valence-electron chi connectivity index (χ2n) is 6.49. The summed E-state index contributed by atoms with van der Waals surface area (Å²) >= 11 is 0. The molecule has 2 aromatic rings. The van der Waals surface area contributed by atoms with Crippen molar-refractivity contribution in [3.63, 3.8) is 0 Å². The summed E-state index contributed by atoms with van der Waals surface area (Å²) < 4.78 is 5.21. The minimum Gasteiger partial charge on any atom is -0.339 e. The maximum atomic E-state index is 12.4. The number of amides is 1. The predicted octanol–water partition coefficient (Wildman–Crippen LogP) is 2.35. The number of likely N-dealkylation sites (tertiary alicyclic amines) is 1. The van der Waals surface area contributed by atoms with Crippen LogP contribution >= 0.6 is 0 Å². The third kappa shape index (κ3) is 5.13. The molecule has 6 heteroatoms. The zero-order chi connectivity index (χ0) is 17.5. The Labute approximate surface area is 148 Å². The van der Waals surface area contributed by atoms with Gasteiger partial charge in [-0.25, -0.2) is 0 Å². The van der Waals surface area contributed by atoms with Gasteiger partial charge in [-0.05, 0) is 18.4 Å². The molecule has 1 aromatic carbocycles. The molecule has 1 unspecified atom stereocenters. The van der Waals surface area contributed by atoms with Crippen LogP contribution in [0, 0.1) is 0 Å². The Hall–Kier alpha value is -2.21. The average Bonchev–Trinajstić information content (AvgIpc) is 3.03. The molecule has 1 N–H and O–H groups in total. The molecule has 6 nitrogen and oxygen atoms in total. The van der Waals surface area contributed by atoms with Crippen molar-refractivity contribution in [2.45, 2.75) is 51.6 Å². The van der Waals surface area contributed by atoms with Crippen LogP contribution in [0.25, 0.3) is 0 Å². The maximum Gasteiger partial charge on any atom is 0.227 e. The van der Waals surface area contributed by atoms with Crippen molar-refractivity contribution < 1.29 is 9.32 Å². The third-order valence-electron chi connectivity index (χ3n) is 4.62. The lowest BCUT2D eigenvalue weighted by Crippen LogP contribution is -2.33. The van der Waals surface area contributed by atoms with Gasteiger partial charge in [-0.1, -0.05) is 42.4 Å². The monoisotopic (exact) mass is 342 g/mol. The van der Waals surface area contributed by atoms with Crippen molar-refractivity contribution in [1.82, 2.24) is 20.4 Å². The Bertz CT molecular complexity index is 671.